The lowest BCUT2D eigenvalue weighted by Gasteiger charge is -2.23. The number of halogens is 3. The summed E-state index contributed by atoms with van der Waals surface area (Å²) in [4.78, 5) is 4.56. The number of nitrogens with zero attached hydrogens (tertiary/aromatic N) is 1. The van der Waals surface area contributed by atoms with E-state index in [-0.39, 0.29) is 5.06 Å². The second-order valence-corrected chi connectivity index (χ2v) is 3.93. The predicted molar refractivity (Wildman–Crippen MR) is 56.7 cm³/mol. The van der Waals surface area contributed by atoms with Gasteiger partial charge in [-0.15, -0.1) is 0 Å². The Labute approximate surface area is 97.2 Å². The van der Waals surface area contributed by atoms with Crippen LogP contribution in [-0.2, 0) is 11.3 Å². The summed E-state index contributed by atoms with van der Waals surface area (Å²) < 4.78 is 37.5. The highest BCUT2D eigenvalue weighted by Crippen LogP contribution is 2.32. The first kappa shape index (κ1) is 12.0. The monoisotopic (exact) mass is 243 g/mol. The molecule has 2 nitrogen and oxygen atoms in total. The molecule has 0 amide bonds. The van der Waals surface area contributed by atoms with Gasteiger partial charge in [-0.1, -0.05) is 30.3 Å². The maximum absolute atomic E-state index is 12.5. The van der Waals surface area contributed by atoms with Crippen LogP contribution in [0.1, 0.15) is 12.5 Å². The van der Waals surface area contributed by atoms with Crippen LogP contribution in [0.3, 0.4) is 0 Å². The zero-order valence-electron chi connectivity index (χ0n) is 9.24. The second kappa shape index (κ2) is 4.41. The second-order valence-electron chi connectivity index (χ2n) is 3.93. The number of hydrogen-bond donors (Lipinski definition) is 0. The van der Waals surface area contributed by atoms with E-state index in [9.17, 15) is 13.2 Å². The Balaban J connectivity index is 2.06. The molecule has 1 atom stereocenters. The molecule has 5 heteroatoms. The molecule has 1 aliphatic rings. The van der Waals surface area contributed by atoms with Crippen LogP contribution in [0.2, 0.25) is 0 Å². The molecular weight excluding hydrogens is 231 g/mol. The third-order valence-corrected chi connectivity index (χ3v) is 2.71. The quantitative estimate of drug-likeness (QED) is 0.739. The van der Waals surface area contributed by atoms with Gasteiger partial charge in [0.25, 0.3) is 0 Å². The van der Waals surface area contributed by atoms with Crippen LogP contribution in [0.4, 0.5) is 13.2 Å². The average molecular weight is 243 g/mol. The Morgan fingerprint density at radius 1 is 1.24 bits per heavy atom. The zero-order valence-corrected chi connectivity index (χ0v) is 9.24. The molecule has 0 radical (unpaired) electrons. The van der Waals surface area contributed by atoms with Gasteiger partial charge in [0, 0.05) is 0 Å². The molecule has 2 rings (SSSR count). The van der Waals surface area contributed by atoms with E-state index in [1.165, 1.54) is 13.2 Å². The van der Waals surface area contributed by atoms with Crippen molar-refractivity contribution in [3.8, 4) is 0 Å². The van der Waals surface area contributed by atoms with E-state index >= 15 is 0 Å². The standard InChI is InChI=1S/C12H12F3NO/c1-9-11(7-10-5-3-2-4-6-10)8-17-16(9)12(13,14)15/h2-6,8-9H,7H2,1H3. The van der Waals surface area contributed by atoms with Gasteiger partial charge in [0.1, 0.15) is 6.26 Å². The first-order valence-corrected chi connectivity index (χ1v) is 5.24. The van der Waals surface area contributed by atoms with Crippen LogP contribution in [0.25, 0.3) is 0 Å². The SMILES string of the molecule is CC1C(Cc2ccccc2)=CON1C(F)(F)F. The normalized spacial score (nSPS) is 21.2. The summed E-state index contributed by atoms with van der Waals surface area (Å²) in [6.45, 7) is 1.48. The van der Waals surface area contributed by atoms with E-state index in [0.717, 1.165) is 5.56 Å². The average Bonchev–Trinajstić information content (AvgIpc) is 2.61. The largest absolute Gasteiger partial charge is 0.492 e. The van der Waals surface area contributed by atoms with Gasteiger partial charge in [-0.25, -0.2) is 0 Å². The fraction of sp³-hybridized carbons (Fsp3) is 0.333. The summed E-state index contributed by atoms with van der Waals surface area (Å²) in [5.74, 6) is 0. The lowest BCUT2D eigenvalue weighted by atomic mass is 10.0. The van der Waals surface area contributed by atoms with Crippen LogP contribution in [0, 0.1) is 0 Å². The van der Waals surface area contributed by atoms with E-state index in [4.69, 9.17) is 0 Å². The molecule has 1 aromatic carbocycles. The van der Waals surface area contributed by atoms with Crippen molar-refractivity contribution in [1.29, 1.82) is 0 Å². The van der Waals surface area contributed by atoms with Crippen LogP contribution < -0.4 is 0 Å². The molecule has 92 valence electrons. The number of benzene rings is 1. The molecule has 0 bridgehead atoms. The van der Waals surface area contributed by atoms with Crippen molar-refractivity contribution in [2.45, 2.75) is 25.7 Å². The number of hydrogen-bond acceptors (Lipinski definition) is 2. The summed E-state index contributed by atoms with van der Waals surface area (Å²) in [6.07, 6.45) is -2.81. The molecule has 0 fully saturated rings. The molecular formula is C12H12F3NO. The smallest absolute Gasteiger partial charge is 0.405 e. The lowest BCUT2D eigenvalue weighted by Crippen LogP contribution is -2.40. The van der Waals surface area contributed by atoms with Gasteiger partial charge in [0.2, 0.25) is 0 Å². The summed E-state index contributed by atoms with van der Waals surface area (Å²) in [7, 11) is 0. The maximum Gasteiger partial charge on any atom is 0.492 e. The van der Waals surface area contributed by atoms with Gasteiger partial charge in [-0.05, 0) is 29.5 Å². The Morgan fingerprint density at radius 3 is 2.41 bits per heavy atom. The fourth-order valence-corrected chi connectivity index (χ4v) is 1.77. The lowest BCUT2D eigenvalue weighted by molar-refractivity contribution is -0.353. The van der Waals surface area contributed by atoms with Crippen molar-refractivity contribution in [2.75, 3.05) is 0 Å². The number of hydroxylamine groups is 2. The predicted octanol–water partition coefficient (Wildman–Crippen LogP) is 3.27. The van der Waals surface area contributed by atoms with E-state index in [2.05, 4.69) is 4.84 Å². The zero-order chi connectivity index (χ0) is 12.5. The minimum atomic E-state index is -4.46. The van der Waals surface area contributed by atoms with Crippen LogP contribution in [0.15, 0.2) is 42.2 Å². The molecule has 0 aliphatic carbocycles. The summed E-state index contributed by atoms with van der Waals surface area (Å²) in [6, 6.07) is 8.56. The van der Waals surface area contributed by atoms with Gasteiger partial charge < -0.3 is 4.84 Å². The van der Waals surface area contributed by atoms with Crippen molar-refractivity contribution in [3.63, 3.8) is 0 Å². The maximum atomic E-state index is 12.5. The van der Waals surface area contributed by atoms with Crippen molar-refractivity contribution in [3.05, 3.63) is 47.7 Å². The van der Waals surface area contributed by atoms with E-state index in [1.807, 2.05) is 30.3 Å². The van der Waals surface area contributed by atoms with Crippen molar-refractivity contribution >= 4 is 0 Å². The molecule has 0 saturated heterocycles. The molecule has 0 N–H and O–H groups in total. The molecule has 1 unspecified atom stereocenters. The first-order chi connectivity index (χ1) is 7.98. The molecule has 0 saturated carbocycles. The molecule has 1 aliphatic heterocycles. The Kier molecular flexibility index (Phi) is 3.11. The van der Waals surface area contributed by atoms with Gasteiger partial charge >= 0.3 is 6.30 Å². The Morgan fingerprint density at radius 2 is 1.88 bits per heavy atom. The van der Waals surface area contributed by atoms with Crippen LogP contribution in [-0.4, -0.2) is 17.4 Å². The molecule has 17 heavy (non-hydrogen) atoms. The number of rotatable bonds is 2. The highest BCUT2D eigenvalue weighted by molar-refractivity contribution is 5.24. The fourth-order valence-electron chi connectivity index (χ4n) is 1.77. The van der Waals surface area contributed by atoms with E-state index in [0.29, 0.717) is 12.0 Å². The number of alkyl halides is 3. The molecule has 1 heterocycles. The van der Waals surface area contributed by atoms with Crippen molar-refractivity contribution in [1.82, 2.24) is 5.06 Å². The summed E-state index contributed by atoms with van der Waals surface area (Å²) >= 11 is 0. The van der Waals surface area contributed by atoms with Gasteiger partial charge in [-0.2, -0.15) is 13.2 Å². The Hall–Kier alpha value is -1.49. The van der Waals surface area contributed by atoms with E-state index < -0.39 is 12.3 Å². The molecule has 1 aromatic rings. The van der Waals surface area contributed by atoms with Crippen LogP contribution >= 0.6 is 0 Å². The Bertz CT molecular complexity index is 414. The minimum Gasteiger partial charge on any atom is -0.405 e. The topological polar surface area (TPSA) is 12.5 Å². The summed E-state index contributed by atoms with van der Waals surface area (Å²) in [5, 5.41) is 0.0608. The third-order valence-electron chi connectivity index (χ3n) is 2.71. The molecule has 0 aromatic heterocycles. The van der Waals surface area contributed by atoms with E-state index in [1.54, 1.807) is 0 Å². The van der Waals surface area contributed by atoms with Gasteiger partial charge in [0.05, 0.1) is 6.04 Å². The highest BCUT2D eigenvalue weighted by atomic mass is 19.4. The van der Waals surface area contributed by atoms with Crippen molar-refractivity contribution < 1.29 is 18.0 Å². The summed E-state index contributed by atoms with van der Waals surface area (Å²) in [5.41, 5.74) is 1.59. The minimum absolute atomic E-state index is 0.0608. The molecule has 0 spiro atoms. The highest BCUT2D eigenvalue weighted by Gasteiger charge is 2.46. The van der Waals surface area contributed by atoms with Crippen LogP contribution in [0.5, 0.6) is 0 Å². The van der Waals surface area contributed by atoms with Crippen molar-refractivity contribution in [2.24, 2.45) is 0 Å². The van der Waals surface area contributed by atoms with Gasteiger partial charge in [0.15, 0.2) is 0 Å². The third kappa shape index (κ3) is 2.61. The first-order valence-electron chi connectivity index (χ1n) is 5.24. The van der Waals surface area contributed by atoms with Gasteiger partial charge in [-0.3, -0.25) is 0 Å².